The van der Waals surface area contributed by atoms with Crippen molar-refractivity contribution in [2.75, 3.05) is 33.9 Å². The van der Waals surface area contributed by atoms with Crippen molar-refractivity contribution < 1.29 is 33.4 Å². The lowest BCUT2D eigenvalue weighted by molar-refractivity contribution is -0.162. The number of cyclic esters (lactones) is 1. The summed E-state index contributed by atoms with van der Waals surface area (Å²) < 4.78 is 14.4. The first-order valence-electron chi connectivity index (χ1n) is 24.1. The number of pyridine rings is 1. The Kier molecular flexibility index (Phi) is 14.4. The predicted molar refractivity (Wildman–Crippen MR) is 264 cm³/mol. The van der Waals surface area contributed by atoms with E-state index in [9.17, 15) is 24.0 Å². The number of benzene rings is 2. The van der Waals surface area contributed by atoms with Crippen LogP contribution in [-0.4, -0.2) is 111 Å². The van der Waals surface area contributed by atoms with Gasteiger partial charge in [0, 0.05) is 73.8 Å². The number of carbonyl (C=O) groups excluding carboxylic acids is 5. The maximum Gasteiger partial charge on any atom is 0.327 e. The molecule has 0 radical (unpaired) electrons. The van der Waals surface area contributed by atoms with Crippen LogP contribution in [0, 0.1) is 17.3 Å². The molecule has 2 N–H and O–H groups in total. The van der Waals surface area contributed by atoms with Gasteiger partial charge in [-0.25, -0.2) is 10.2 Å². The number of carbonyl (C=O) groups is 5. The van der Waals surface area contributed by atoms with E-state index in [-0.39, 0.29) is 43.4 Å². The van der Waals surface area contributed by atoms with Crippen molar-refractivity contribution in [1.82, 2.24) is 35.1 Å². The van der Waals surface area contributed by atoms with Gasteiger partial charge in [0.25, 0.3) is 5.91 Å². The third-order valence-corrected chi connectivity index (χ3v) is 14.4. The zero-order valence-corrected chi connectivity index (χ0v) is 41.9. The summed E-state index contributed by atoms with van der Waals surface area (Å²) in [5.41, 5.74) is 8.69. The monoisotopic (exact) mass is 930 g/mol. The molecule has 14 heteroatoms. The molecule has 2 aromatic carbocycles. The number of likely N-dealkylation sites (tertiary alicyclic amines) is 1. The molecule has 4 amide bonds. The molecule has 3 aliphatic heterocycles. The number of aryl methyl sites for hydroxylation is 1. The lowest BCUT2D eigenvalue weighted by Crippen LogP contribution is -2.66. The molecule has 4 aromatic rings. The topological polar surface area (TPSA) is 155 Å². The number of rotatable bonds is 10. The van der Waals surface area contributed by atoms with Crippen LogP contribution in [0.2, 0.25) is 0 Å². The fraction of sp³-hybridized carbons (Fsp3) is 0.519. The van der Waals surface area contributed by atoms with Crippen LogP contribution in [-0.2, 0) is 52.8 Å². The van der Waals surface area contributed by atoms with Crippen molar-refractivity contribution in [2.45, 2.75) is 130 Å². The number of hydrogen-bond acceptors (Lipinski definition) is 9. The molecule has 2 aromatic heterocycles. The van der Waals surface area contributed by atoms with Crippen LogP contribution in [0.15, 0.2) is 73.4 Å². The Balaban J connectivity index is 1.30. The summed E-state index contributed by atoms with van der Waals surface area (Å²) in [6.45, 7) is 22.7. The summed E-state index contributed by atoms with van der Waals surface area (Å²) >= 11 is 0. The molecule has 3 aliphatic rings. The van der Waals surface area contributed by atoms with E-state index in [1.54, 1.807) is 32.2 Å². The lowest BCUT2D eigenvalue weighted by atomic mass is 9.84. The van der Waals surface area contributed by atoms with E-state index in [1.807, 2.05) is 52.8 Å². The SMILES string of the molecule is C=CC(=O)N1C[C@@H](C(=O)N(C)[C@H](C(=O)N[C@H]2Cc3cccc(c3)-c3ccc4c(c3)c(c(-c3cccnc3[C@H](C)OC)n4CC)CC(C)(C)COC(=O)[C@@]3(C)CCCN(N3)C2=O)C(C)C)CC1(C)C. The van der Waals surface area contributed by atoms with Crippen LogP contribution in [0.25, 0.3) is 33.3 Å². The molecule has 5 atom stereocenters. The second-order valence-corrected chi connectivity index (χ2v) is 21.0. The van der Waals surface area contributed by atoms with Gasteiger partial charge in [-0.3, -0.25) is 29.2 Å². The number of ether oxygens (including phenoxy) is 2. The molecule has 2 saturated heterocycles. The minimum Gasteiger partial charge on any atom is -0.464 e. The molecular weight excluding hydrogens is 859 g/mol. The van der Waals surface area contributed by atoms with E-state index in [0.29, 0.717) is 38.8 Å². The number of nitrogens with one attached hydrogen (secondary N) is 2. The Morgan fingerprint density at radius 2 is 1.78 bits per heavy atom. The van der Waals surface area contributed by atoms with E-state index in [2.05, 4.69) is 79.1 Å². The average Bonchev–Trinajstić information content (AvgIpc) is 3.80. The van der Waals surface area contributed by atoms with Crippen LogP contribution >= 0.6 is 0 Å². The van der Waals surface area contributed by atoms with Gasteiger partial charge >= 0.3 is 5.97 Å². The highest BCUT2D eigenvalue weighted by Gasteiger charge is 2.47. The standard InChI is InChI=1S/C54H71N7O7/c1-13-44(62)60-31-38(29-53(60,8)9)49(64)58(11)46(33(3)4)48(63)56-42-27-35-18-15-19-36(26-35)37-21-22-43-40(28-37)41(47(59(43)14-2)39-20-16-24-55-45(39)34(5)67-12)30-52(6,7)32-68-51(66)54(10)23-17-25-61(57-54)50(42)65/h13,15-16,18-22,24,26,28,33-34,38,42,46,57H,1,14,17,23,25,27,29-32H2,2-12H3,(H,56,63)/t34-,38-,42-,46-,54+/m0/s1. The Hall–Kier alpha value is -5.86. The highest BCUT2D eigenvalue weighted by Crippen LogP contribution is 2.42. The maximum atomic E-state index is 14.9. The van der Waals surface area contributed by atoms with E-state index in [4.69, 9.17) is 14.5 Å². The van der Waals surface area contributed by atoms with Gasteiger partial charge in [0.05, 0.1) is 30.0 Å². The number of fused-ring (bicyclic) bond motifs is 6. The van der Waals surface area contributed by atoms with E-state index in [0.717, 1.165) is 50.1 Å². The Morgan fingerprint density at radius 3 is 2.47 bits per heavy atom. The first kappa shape index (κ1) is 50.0. The minimum atomic E-state index is -1.23. The van der Waals surface area contributed by atoms with Crippen LogP contribution in [0.4, 0.5) is 0 Å². The van der Waals surface area contributed by atoms with Gasteiger partial charge in [0.15, 0.2) is 0 Å². The third kappa shape index (κ3) is 9.85. The van der Waals surface area contributed by atoms with E-state index < -0.39 is 52.3 Å². The first-order valence-corrected chi connectivity index (χ1v) is 24.1. The fourth-order valence-corrected chi connectivity index (χ4v) is 10.8. The molecule has 0 saturated carbocycles. The van der Waals surface area contributed by atoms with Crippen molar-refractivity contribution in [3.05, 3.63) is 90.3 Å². The fourth-order valence-electron chi connectivity index (χ4n) is 10.8. The number of methoxy groups -OCH3 is 1. The van der Waals surface area contributed by atoms with Crippen LogP contribution < -0.4 is 10.7 Å². The third-order valence-electron chi connectivity index (χ3n) is 14.4. The number of likely N-dealkylation sites (N-methyl/N-ethyl adjacent to an activating group) is 1. The van der Waals surface area contributed by atoms with Gasteiger partial charge < -0.3 is 29.2 Å². The molecule has 6 bridgehead atoms. The van der Waals surface area contributed by atoms with E-state index >= 15 is 0 Å². The van der Waals surface area contributed by atoms with Gasteiger partial charge in [-0.05, 0) is 119 Å². The minimum absolute atomic E-state index is 0.119. The van der Waals surface area contributed by atoms with Crippen LogP contribution in [0.1, 0.15) is 105 Å². The molecule has 0 aliphatic carbocycles. The molecule has 7 rings (SSSR count). The van der Waals surface area contributed by atoms with Crippen molar-refractivity contribution in [3.8, 4) is 22.4 Å². The number of aromatic nitrogens is 2. The smallest absolute Gasteiger partial charge is 0.327 e. The normalized spacial score (nSPS) is 22.6. The van der Waals surface area contributed by atoms with E-state index in [1.165, 1.54) is 16.0 Å². The summed E-state index contributed by atoms with van der Waals surface area (Å²) in [5.74, 6) is -2.71. The van der Waals surface area contributed by atoms with Gasteiger partial charge in [-0.2, -0.15) is 0 Å². The Labute approximate surface area is 401 Å². The second kappa shape index (κ2) is 19.6. The zero-order chi connectivity index (χ0) is 49.5. The van der Waals surface area contributed by atoms with Crippen molar-refractivity contribution in [3.63, 3.8) is 0 Å². The van der Waals surface area contributed by atoms with Crippen LogP contribution in [0.3, 0.4) is 0 Å². The van der Waals surface area contributed by atoms with Crippen molar-refractivity contribution >= 4 is 40.5 Å². The number of hydrazine groups is 1. The van der Waals surface area contributed by atoms with Gasteiger partial charge in [-0.1, -0.05) is 64.6 Å². The average molecular weight is 930 g/mol. The first-order chi connectivity index (χ1) is 32.1. The number of amides is 4. The molecule has 14 nitrogen and oxygen atoms in total. The van der Waals surface area contributed by atoms with Crippen molar-refractivity contribution in [1.29, 1.82) is 0 Å². The number of hydrogen-bond donors (Lipinski definition) is 2. The van der Waals surface area contributed by atoms with Gasteiger partial charge in [-0.15, -0.1) is 0 Å². The second-order valence-electron chi connectivity index (χ2n) is 21.0. The van der Waals surface area contributed by atoms with Gasteiger partial charge in [0.1, 0.15) is 17.6 Å². The van der Waals surface area contributed by atoms with Crippen LogP contribution in [0.5, 0.6) is 0 Å². The summed E-state index contributed by atoms with van der Waals surface area (Å²) in [4.78, 5) is 78.8. The van der Waals surface area contributed by atoms with Gasteiger partial charge in [0.2, 0.25) is 17.7 Å². The summed E-state index contributed by atoms with van der Waals surface area (Å²) in [6, 6.07) is 16.6. The van der Waals surface area contributed by atoms with Crippen molar-refractivity contribution in [2.24, 2.45) is 17.3 Å². The quantitative estimate of drug-likeness (QED) is 0.122. The zero-order valence-electron chi connectivity index (χ0n) is 41.9. The number of nitrogens with zero attached hydrogens (tertiary/aromatic N) is 5. The molecule has 0 unspecified atom stereocenters. The summed E-state index contributed by atoms with van der Waals surface area (Å²) in [6.07, 6.45) is 4.89. The highest BCUT2D eigenvalue weighted by atomic mass is 16.5. The highest BCUT2D eigenvalue weighted by molar-refractivity contribution is 5.96. The largest absolute Gasteiger partial charge is 0.464 e. The molecule has 0 spiro atoms. The molecule has 2 fully saturated rings. The number of esters is 1. The predicted octanol–water partition coefficient (Wildman–Crippen LogP) is 7.43. The Morgan fingerprint density at radius 1 is 1.04 bits per heavy atom. The molecule has 5 heterocycles. The summed E-state index contributed by atoms with van der Waals surface area (Å²) in [7, 11) is 3.31. The molecular formula is C54H71N7O7. The summed E-state index contributed by atoms with van der Waals surface area (Å²) in [5, 5.41) is 5.61. The lowest BCUT2D eigenvalue weighted by Gasteiger charge is -2.41. The Bertz CT molecular complexity index is 2600. The molecule has 364 valence electrons. The molecule has 68 heavy (non-hydrogen) atoms. The maximum absolute atomic E-state index is 14.9.